The molecule has 1 aliphatic heterocycles. The maximum Gasteiger partial charge on any atom is 0.0155 e. The molecule has 15 heavy (non-hydrogen) atoms. The molecule has 2 nitrogen and oxygen atoms in total. The average molecular weight is 210 g/mol. The first-order valence-corrected chi connectivity index (χ1v) is 6.51. The van der Waals surface area contributed by atoms with Crippen LogP contribution >= 0.6 is 0 Å². The lowest BCUT2D eigenvalue weighted by atomic mass is 9.83. The molecule has 0 aromatic rings. The smallest absolute Gasteiger partial charge is 0.0155 e. The first-order valence-electron chi connectivity index (χ1n) is 6.51. The molecule has 2 fully saturated rings. The predicted octanol–water partition coefficient (Wildman–Crippen LogP) is 2.38. The minimum Gasteiger partial charge on any atom is -0.325 e. The molecule has 0 bridgehead atoms. The van der Waals surface area contributed by atoms with Crippen molar-refractivity contribution in [2.75, 3.05) is 7.05 Å². The number of hydrogen-bond acceptors (Lipinski definition) is 2. The third kappa shape index (κ3) is 2.73. The van der Waals surface area contributed by atoms with Crippen molar-refractivity contribution < 1.29 is 0 Å². The Labute approximate surface area is 94.2 Å². The summed E-state index contributed by atoms with van der Waals surface area (Å²) in [6, 6.07) is 1.51. The molecule has 0 spiro atoms. The van der Waals surface area contributed by atoms with E-state index in [0.29, 0.717) is 0 Å². The number of nitrogens with two attached hydrogens (primary N) is 1. The fourth-order valence-corrected chi connectivity index (χ4v) is 2.97. The summed E-state index contributed by atoms with van der Waals surface area (Å²) in [6.07, 6.45) is 7.91. The topological polar surface area (TPSA) is 29.3 Å². The van der Waals surface area contributed by atoms with E-state index in [1.807, 2.05) is 0 Å². The molecule has 0 aromatic heterocycles. The van der Waals surface area contributed by atoms with Crippen LogP contribution in [0.4, 0.5) is 0 Å². The van der Waals surface area contributed by atoms with Crippen LogP contribution in [0.25, 0.3) is 0 Å². The van der Waals surface area contributed by atoms with Gasteiger partial charge in [-0.2, -0.15) is 0 Å². The fourth-order valence-electron chi connectivity index (χ4n) is 2.97. The summed E-state index contributed by atoms with van der Waals surface area (Å²) in [5.41, 5.74) is 6.41. The van der Waals surface area contributed by atoms with E-state index in [2.05, 4.69) is 25.8 Å². The molecule has 0 aromatic carbocycles. The Morgan fingerprint density at radius 1 is 1.20 bits per heavy atom. The number of likely N-dealkylation sites (tertiary alicyclic amines) is 1. The minimum absolute atomic E-state index is 0.260. The van der Waals surface area contributed by atoms with Gasteiger partial charge in [0.05, 0.1) is 0 Å². The van der Waals surface area contributed by atoms with Gasteiger partial charge in [-0.15, -0.1) is 0 Å². The van der Waals surface area contributed by atoms with Crippen LogP contribution in [0.3, 0.4) is 0 Å². The maximum atomic E-state index is 6.15. The number of nitrogens with zero attached hydrogens (tertiary/aromatic N) is 1. The normalized spacial score (nSPS) is 40.4. The van der Waals surface area contributed by atoms with Crippen LogP contribution in [0.15, 0.2) is 0 Å². The summed E-state index contributed by atoms with van der Waals surface area (Å²) >= 11 is 0. The molecular weight excluding hydrogens is 184 g/mol. The number of hydrogen-bond donors (Lipinski definition) is 1. The number of piperidine rings is 1. The van der Waals surface area contributed by atoms with Crippen molar-refractivity contribution in [1.82, 2.24) is 4.90 Å². The SMILES string of the molecule is C[C@@H]1CC(CCC2(N)CC2)C[C@H](C)N1C. The summed E-state index contributed by atoms with van der Waals surface area (Å²) in [4.78, 5) is 2.52. The highest BCUT2D eigenvalue weighted by Crippen LogP contribution is 2.39. The van der Waals surface area contributed by atoms with Gasteiger partial charge in [0, 0.05) is 17.6 Å². The zero-order valence-electron chi connectivity index (χ0n) is 10.5. The highest BCUT2D eigenvalue weighted by Gasteiger charge is 2.38. The molecule has 2 heteroatoms. The average Bonchev–Trinajstić information content (AvgIpc) is 2.90. The fraction of sp³-hybridized carbons (Fsp3) is 1.00. The van der Waals surface area contributed by atoms with Gasteiger partial charge in [0.2, 0.25) is 0 Å². The van der Waals surface area contributed by atoms with E-state index in [1.54, 1.807) is 0 Å². The van der Waals surface area contributed by atoms with Gasteiger partial charge in [0.25, 0.3) is 0 Å². The molecule has 0 amide bonds. The Kier molecular flexibility index (Phi) is 3.09. The van der Waals surface area contributed by atoms with Crippen LogP contribution in [-0.4, -0.2) is 29.6 Å². The lowest BCUT2D eigenvalue weighted by molar-refractivity contribution is 0.0923. The lowest BCUT2D eigenvalue weighted by Crippen LogP contribution is -2.44. The van der Waals surface area contributed by atoms with Gasteiger partial charge in [-0.05, 0) is 65.3 Å². The van der Waals surface area contributed by atoms with E-state index >= 15 is 0 Å². The molecule has 1 unspecified atom stereocenters. The monoisotopic (exact) mass is 210 g/mol. The van der Waals surface area contributed by atoms with Crippen LogP contribution < -0.4 is 5.73 Å². The van der Waals surface area contributed by atoms with Gasteiger partial charge >= 0.3 is 0 Å². The largest absolute Gasteiger partial charge is 0.325 e. The minimum atomic E-state index is 0.260. The second kappa shape index (κ2) is 4.06. The van der Waals surface area contributed by atoms with Crippen LogP contribution in [0, 0.1) is 5.92 Å². The predicted molar refractivity (Wildman–Crippen MR) is 64.8 cm³/mol. The first kappa shape index (κ1) is 11.4. The van der Waals surface area contributed by atoms with Crippen LogP contribution in [0.1, 0.15) is 52.4 Å². The molecule has 3 atom stereocenters. The third-order valence-electron chi connectivity index (χ3n) is 4.68. The van der Waals surface area contributed by atoms with Gasteiger partial charge in [0.1, 0.15) is 0 Å². The highest BCUT2D eigenvalue weighted by molar-refractivity contribution is 4.99. The molecular formula is C13H26N2. The van der Waals surface area contributed by atoms with Crippen LogP contribution in [0.5, 0.6) is 0 Å². The lowest BCUT2D eigenvalue weighted by Gasteiger charge is -2.40. The molecule has 0 radical (unpaired) electrons. The van der Waals surface area contributed by atoms with Crippen LogP contribution in [0.2, 0.25) is 0 Å². The Morgan fingerprint density at radius 3 is 2.20 bits per heavy atom. The molecule has 1 saturated heterocycles. The maximum absolute atomic E-state index is 6.15. The molecule has 1 heterocycles. The highest BCUT2D eigenvalue weighted by atomic mass is 15.2. The van der Waals surface area contributed by atoms with Gasteiger partial charge in [0.15, 0.2) is 0 Å². The van der Waals surface area contributed by atoms with Crippen molar-refractivity contribution >= 4 is 0 Å². The second-order valence-corrected chi connectivity index (χ2v) is 6.10. The molecule has 2 rings (SSSR count). The van der Waals surface area contributed by atoms with E-state index in [1.165, 1.54) is 38.5 Å². The van der Waals surface area contributed by atoms with Crippen molar-refractivity contribution in [2.45, 2.75) is 70.0 Å². The van der Waals surface area contributed by atoms with E-state index in [0.717, 1.165) is 18.0 Å². The standard InChI is InChI=1S/C13H26N2/c1-10-8-12(9-11(2)15(10)3)4-5-13(14)6-7-13/h10-12H,4-9,14H2,1-3H3/t10-,11+,12?. The van der Waals surface area contributed by atoms with Crippen molar-refractivity contribution in [3.8, 4) is 0 Å². The first-order chi connectivity index (χ1) is 7.00. The third-order valence-corrected chi connectivity index (χ3v) is 4.68. The molecule has 1 aliphatic carbocycles. The quantitative estimate of drug-likeness (QED) is 0.775. The Morgan fingerprint density at radius 2 is 1.73 bits per heavy atom. The summed E-state index contributed by atoms with van der Waals surface area (Å²) < 4.78 is 0. The van der Waals surface area contributed by atoms with E-state index in [-0.39, 0.29) is 5.54 Å². The zero-order chi connectivity index (χ0) is 11.1. The van der Waals surface area contributed by atoms with Gasteiger partial charge < -0.3 is 10.6 Å². The Hall–Kier alpha value is -0.0800. The van der Waals surface area contributed by atoms with E-state index in [9.17, 15) is 0 Å². The van der Waals surface area contributed by atoms with Crippen LogP contribution in [-0.2, 0) is 0 Å². The molecule has 2 N–H and O–H groups in total. The van der Waals surface area contributed by atoms with Gasteiger partial charge in [-0.3, -0.25) is 0 Å². The summed E-state index contributed by atoms with van der Waals surface area (Å²) in [5, 5.41) is 0. The van der Waals surface area contributed by atoms with Crippen molar-refractivity contribution in [3.63, 3.8) is 0 Å². The second-order valence-electron chi connectivity index (χ2n) is 6.10. The van der Waals surface area contributed by atoms with Gasteiger partial charge in [-0.1, -0.05) is 0 Å². The Balaban J connectivity index is 1.78. The molecule has 2 aliphatic rings. The van der Waals surface area contributed by atoms with Crippen molar-refractivity contribution in [3.05, 3.63) is 0 Å². The summed E-state index contributed by atoms with van der Waals surface area (Å²) in [6.45, 7) is 4.72. The van der Waals surface area contributed by atoms with E-state index in [4.69, 9.17) is 5.73 Å². The molecule has 1 saturated carbocycles. The Bertz CT molecular complexity index is 211. The molecule has 88 valence electrons. The van der Waals surface area contributed by atoms with Crippen molar-refractivity contribution in [2.24, 2.45) is 11.7 Å². The van der Waals surface area contributed by atoms with E-state index < -0.39 is 0 Å². The van der Waals surface area contributed by atoms with Gasteiger partial charge in [-0.25, -0.2) is 0 Å². The zero-order valence-corrected chi connectivity index (χ0v) is 10.5. The van der Waals surface area contributed by atoms with Crippen molar-refractivity contribution in [1.29, 1.82) is 0 Å². The number of rotatable bonds is 3. The summed E-state index contributed by atoms with van der Waals surface area (Å²) in [5.74, 6) is 0.923. The summed E-state index contributed by atoms with van der Waals surface area (Å²) in [7, 11) is 2.26.